The first kappa shape index (κ1) is 10.5. The highest BCUT2D eigenvalue weighted by molar-refractivity contribution is 9.10. The van der Waals surface area contributed by atoms with E-state index in [1.165, 1.54) is 12.1 Å². The number of benzene rings is 1. The molecule has 0 aliphatic carbocycles. The van der Waals surface area contributed by atoms with Crippen molar-refractivity contribution >= 4 is 15.9 Å². The highest BCUT2D eigenvalue weighted by atomic mass is 79.9. The van der Waals surface area contributed by atoms with Crippen LogP contribution in [0.5, 0.6) is 0 Å². The SMILES string of the molecule is [O]Cc1ccc(Br)c(C(F)(F)F)c1. The molecule has 0 heterocycles. The van der Waals surface area contributed by atoms with Crippen molar-refractivity contribution in [3.63, 3.8) is 0 Å². The summed E-state index contributed by atoms with van der Waals surface area (Å²) in [7, 11) is 0. The van der Waals surface area contributed by atoms with Gasteiger partial charge in [0.25, 0.3) is 0 Å². The third kappa shape index (κ3) is 2.45. The molecule has 0 fully saturated rings. The van der Waals surface area contributed by atoms with E-state index in [1.807, 2.05) is 0 Å². The van der Waals surface area contributed by atoms with E-state index in [4.69, 9.17) is 0 Å². The Balaban J connectivity index is 3.19. The molecule has 1 aromatic carbocycles. The summed E-state index contributed by atoms with van der Waals surface area (Å²) in [6.07, 6.45) is -4.41. The topological polar surface area (TPSA) is 19.9 Å². The Morgan fingerprint density at radius 3 is 2.38 bits per heavy atom. The molecule has 0 amide bonds. The summed E-state index contributed by atoms with van der Waals surface area (Å²) in [4.78, 5) is 0. The zero-order valence-electron chi connectivity index (χ0n) is 6.36. The zero-order valence-corrected chi connectivity index (χ0v) is 7.95. The smallest absolute Gasteiger partial charge is 0.232 e. The summed E-state index contributed by atoms with van der Waals surface area (Å²) < 4.78 is 36.7. The van der Waals surface area contributed by atoms with Crippen LogP contribution in [0.2, 0.25) is 0 Å². The van der Waals surface area contributed by atoms with Crippen LogP contribution in [-0.4, -0.2) is 0 Å². The Kier molecular flexibility index (Phi) is 2.98. The van der Waals surface area contributed by atoms with E-state index in [9.17, 15) is 18.3 Å². The Morgan fingerprint density at radius 2 is 1.92 bits per heavy atom. The molecule has 1 aromatic rings. The molecule has 0 N–H and O–H groups in total. The van der Waals surface area contributed by atoms with E-state index in [1.54, 1.807) is 0 Å². The lowest BCUT2D eigenvalue weighted by atomic mass is 10.1. The molecule has 0 aliphatic heterocycles. The molecule has 1 radical (unpaired) electrons. The van der Waals surface area contributed by atoms with Crippen LogP contribution in [0.1, 0.15) is 11.1 Å². The molecule has 71 valence electrons. The molecule has 5 heteroatoms. The van der Waals surface area contributed by atoms with Gasteiger partial charge in [0.2, 0.25) is 0 Å². The Morgan fingerprint density at radius 1 is 1.31 bits per heavy atom. The number of rotatable bonds is 1. The second-order valence-electron chi connectivity index (χ2n) is 2.46. The minimum atomic E-state index is -4.41. The predicted octanol–water partition coefficient (Wildman–Crippen LogP) is 3.40. The maximum atomic E-state index is 12.2. The van der Waals surface area contributed by atoms with E-state index in [-0.39, 0.29) is 10.0 Å². The van der Waals surface area contributed by atoms with E-state index < -0.39 is 18.3 Å². The summed E-state index contributed by atoms with van der Waals surface area (Å²) in [6, 6.07) is 3.46. The molecular weight excluding hydrogens is 249 g/mol. The summed E-state index contributed by atoms with van der Waals surface area (Å²) in [5, 5.41) is 10.3. The summed E-state index contributed by atoms with van der Waals surface area (Å²) >= 11 is 2.77. The van der Waals surface area contributed by atoms with Crippen LogP contribution in [0.4, 0.5) is 13.2 Å². The van der Waals surface area contributed by atoms with Gasteiger partial charge in [-0.1, -0.05) is 22.0 Å². The van der Waals surface area contributed by atoms with Crippen LogP contribution >= 0.6 is 15.9 Å². The van der Waals surface area contributed by atoms with Crippen molar-refractivity contribution in [2.45, 2.75) is 12.8 Å². The molecule has 0 atom stereocenters. The van der Waals surface area contributed by atoms with Crippen molar-refractivity contribution in [2.75, 3.05) is 0 Å². The molecule has 0 saturated carbocycles. The first-order valence-electron chi connectivity index (χ1n) is 3.39. The van der Waals surface area contributed by atoms with Gasteiger partial charge in [0.15, 0.2) is 0 Å². The largest absolute Gasteiger partial charge is 0.417 e. The summed E-state index contributed by atoms with van der Waals surface area (Å²) in [6.45, 7) is -0.643. The van der Waals surface area contributed by atoms with Crippen molar-refractivity contribution in [3.8, 4) is 0 Å². The first-order chi connectivity index (χ1) is 5.95. The predicted molar refractivity (Wildman–Crippen MR) is 43.5 cm³/mol. The molecule has 13 heavy (non-hydrogen) atoms. The molecule has 1 rings (SSSR count). The van der Waals surface area contributed by atoms with Gasteiger partial charge in [0.1, 0.15) is 6.61 Å². The number of halogens is 4. The lowest BCUT2D eigenvalue weighted by Gasteiger charge is -2.09. The van der Waals surface area contributed by atoms with Gasteiger partial charge in [-0.3, -0.25) is 0 Å². The van der Waals surface area contributed by atoms with E-state index in [0.29, 0.717) is 0 Å². The third-order valence-corrected chi connectivity index (χ3v) is 2.19. The Bertz CT molecular complexity index is 309. The van der Waals surface area contributed by atoms with Crippen molar-refractivity contribution in [1.29, 1.82) is 0 Å². The van der Waals surface area contributed by atoms with Gasteiger partial charge >= 0.3 is 6.18 Å². The Labute approximate surface area is 81.3 Å². The van der Waals surface area contributed by atoms with Crippen molar-refractivity contribution in [3.05, 3.63) is 33.8 Å². The molecule has 0 spiro atoms. The molecule has 0 aliphatic rings. The van der Waals surface area contributed by atoms with Crippen molar-refractivity contribution in [2.24, 2.45) is 0 Å². The lowest BCUT2D eigenvalue weighted by Crippen LogP contribution is -2.06. The highest BCUT2D eigenvalue weighted by Gasteiger charge is 2.32. The molecule has 1 nitrogen and oxygen atoms in total. The van der Waals surface area contributed by atoms with Gasteiger partial charge in [0, 0.05) is 4.47 Å². The molecule has 0 unspecified atom stereocenters. The number of alkyl halides is 3. The highest BCUT2D eigenvalue weighted by Crippen LogP contribution is 2.35. The molecular formula is C8H5BrF3O. The molecule has 0 saturated heterocycles. The maximum Gasteiger partial charge on any atom is 0.417 e. The fourth-order valence-corrected chi connectivity index (χ4v) is 1.35. The van der Waals surface area contributed by atoms with Gasteiger partial charge in [-0.2, -0.15) is 13.2 Å². The summed E-state index contributed by atoms with van der Waals surface area (Å²) in [5.41, 5.74) is -0.670. The monoisotopic (exact) mass is 253 g/mol. The van der Waals surface area contributed by atoms with Gasteiger partial charge in [-0.05, 0) is 17.7 Å². The van der Waals surface area contributed by atoms with E-state index in [2.05, 4.69) is 15.9 Å². The van der Waals surface area contributed by atoms with Crippen LogP contribution in [0, 0.1) is 0 Å². The van der Waals surface area contributed by atoms with Crippen LogP contribution in [0.25, 0.3) is 0 Å². The summed E-state index contributed by atoms with van der Waals surface area (Å²) in [5.74, 6) is 0. The lowest BCUT2D eigenvalue weighted by molar-refractivity contribution is -0.138. The second kappa shape index (κ2) is 3.67. The van der Waals surface area contributed by atoms with Crippen molar-refractivity contribution in [1.82, 2.24) is 0 Å². The second-order valence-corrected chi connectivity index (χ2v) is 3.31. The zero-order chi connectivity index (χ0) is 10.1. The fraction of sp³-hybridized carbons (Fsp3) is 0.250. The quantitative estimate of drug-likeness (QED) is 0.731. The standard InChI is InChI=1S/C8H5BrF3O/c9-7-2-1-5(4-13)3-6(7)8(10,11)12/h1-3H,4H2. The molecule has 0 aromatic heterocycles. The van der Waals surface area contributed by atoms with Gasteiger partial charge < -0.3 is 0 Å². The van der Waals surface area contributed by atoms with Gasteiger partial charge in [0.05, 0.1) is 5.56 Å². The van der Waals surface area contributed by atoms with E-state index in [0.717, 1.165) is 6.07 Å². The minimum absolute atomic E-state index is 0.0443. The van der Waals surface area contributed by atoms with Crippen LogP contribution in [-0.2, 0) is 17.9 Å². The van der Waals surface area contributed by atoms with Gasteiger partial charge in [-0.15, -0.1) is 0 Å². The van der Waals surface area contributed by atoms with Crippen LogP contribution < -0.4 is 0 Å². The maximum absolute atomic E-state index is 12.2. The molecule has 0 bridgehead atoms. The average Bonchev–Trinajstić information content (AvgIpc) is 2.03. The minimum Gasteiger partial charge on any atom is -0.232 e. The van der Waals surface area contributed by atoms with Crippen LogP contribution in [0.3, 0.4) is 0 Å². The van der Waals surface area contributed by atoms with Crippen LogP contribution in [0.15, 0.2) is 22.7 Å². The Hall–Kier alpha value is -0.550. The van der Waals surface area contributed by atoms with E-state index >= 15 is 0 Å². The number of hydrogen-bond donors (Lipinski definition) is 0. The number of hydrogen-bond acceptors (Lipinski definition) is 0. The first-order valence-corrected chi connectivity index (χ1v) is 4.18. The normalized spacial score (nSPS) is 11.8. The fourth-order valence-electron chi connectivity index (χ4n) is 0.879. The average molecular weight is 254 g/mol. The van der Waals surface area contributed by atoms with Crippen molar-refractivity contribution < 1.29 is 18.3 Å². The third-order valence-electron chi connectivity index (χ3n) is 1.50. The van der Waals surface area contributed by atoms with Gasteiger partial charge in [-0.25, -0.2) is 5.11 Å².